The van der Waals surface area contributed by atoms with Crippen LogP contribution in [-0.2, 0) is 13.5 Å². The Balaban J connectivity index is 1.94. The third kappa shape index (κ3) is 3.17. The average Bonchev–Trinajstić information content (AvgIpc) is 2.70. The van der Waals surface area contributed by atoms with E-state index in [4.69, 9.17) is 17.3 Å². The number of rotatable bonds is 4. The zero-order valence-electron chi connectivity index (χ0n) is 9.56. The molecule has 1 heterocycles. The highest BCUT2D eigenvalue weighted by Gasteiger charge is 2.03. The maximum Gasteiger partial charge on any atom is 0.109 e. The van der Waals surface area contributed by atoms with E-state index in [9.17, 15) is 0 Å². The van der Waals surface area contributed by atoms with Crippen molar-refractivity contribution in [2.45, 2.75) is 11.3 Å². The second-order valence-corrected chi connectivity index (χ2v) is 5.31. The largest absolute Gasteiger partial charge is 0.398 e. The first-order chi connectivity index (χ1) is 8.16. The number of anilines is 1. The van der Waals surface area contributed by atoms with Gasteiger partial charge in [-0.25, -0.2) is 4.98 Å². The molecular weight excluding hydrogens is 254 g/mol. The van der Waals surface area contributed by atoms with E-state index in [0.717, 1.165) is 33.6 Å². The fourth-order valence-electron chi connectivity index (χ4n) is 1.52. The first-order valence-corrected chi connectivity index (χ1v) is 6.67. The lowest BCUT2D eigenvalue weighted by molar-refractivity contribution is 0.811. The number of halogens is 1. The number of nitrogen functional groups attached to an aromatic ring is 1. The van der Waals surface area contributed by atoms with Crippen molar-refractivity contribution in [2.24, 2.45) is 7.05 Å². The Labute approximate surface area is 110 Å². The Kier molecular flexibility index (Phi) is 3.97. The van der Waals surface area contributed by atoms with Gasteiger partial charge < -0.3 is 10.3 Å². The van der Waals surface area contributed by atoms with Crippen LogP contribution in [0.25, 0.3) is 0 Å². The van der Waals surface area contributed by atoms with Crippen molar-refractivity contribution in [3.05, 3.63) is 41.4 Å². The molecule has 0 aliphatic heterocycles. The highest BCUT2D eigenvalue weighted by atomic mass is 35.5. The first-order valence-electron chi connectivity index (χ1n) is 5.31. The van der Waals surface area contributed by atoms with Gasteiger partial charge in [0.25, 0.3) is 0 Å². The summed E-state index contributed by atoms with van der Waals surface area (Å²) in [7, 11) is 2.00. The van der Waals surface area contributed by atoms with Crippen molar-refractivity contribution in [1.29, 1.82) is 0 Å². The van der Waals surface area contributed by atoms with Crippen molar-refractivity contribution >= 4 is 29.1 Å². The topological polar surface area (TPSA) is 43.8 Å². The minimum absolute atomic E-state index is 0.721. The van der Waals surface area contributed by atoms with Crippen LogP contribution in [-0.4, -0.2) is 15.3 Å². The highest BCUT2D eigenvalue weighted by Crippen LogP contribution is 2.28. The second kappa shape index (κ2) is 5.47. The maximum absolute atomic E-state index is 5.94. The molecule has 0 saturated heterocycles. The van der Waals surface area contributed by atoms with Crippen molar-refractivity contribution in [3.63, 3.8) is 0 Å². The Bertz CT molecular complexity index is 510. The van der Waals surface area contributed by atoms with Crippen molar-refractivity contribution < 1.29 is 0 Å². The number of benzene rings is 1. The number of hydrogen-bond acceptors (Lipinski definition) is 3. The van der Waals surface area contributed by atoms with Gasteiger partial charge in [-0.05, 0) is 18.2 Å². The molecule has 1 aromatic heterocycles. The van der Waals surface area contributed by atoms with E-state index < -0.39 is 0 Å². The van der Waals surface area contributed by atoms with Crippen LogP contribution in [0.3, 0.4) is 0 Å². The van der Waals surface area contributed by atoms with Gasteiger partial charge in [0.05, 0.1) is 0 Å². The fourth-order valence-corrected chi connectivity index (χ4v) is 2.71. The number of nitrogens with zero attached hydrogens (tertiary/aromatic N) is 2. The summed E-state index contributed by atoms with van der Waals surface area (Å²) in [6.45, 7) is 0. The summed E-state index contributed by atoms with van der Waals surface area (Å²) in [5.41, 5.74) is 6.66. The van der Waals surface area contributed by atoms with Crippen LogP contribution < -0.4 is 5.73 Å². The van der Waals surface area contributed by atoms with Crippen molar-refractivity contribution in [3.8, 4) is 0 Å². The molecule has 0 atom stereocenters. The third-order valence-corrected chi connectivity index (χ3v) is 3.79. The van der Waals surface area contributed by atoms with E-state index in [1.165, 1.54) is 0 Å². The van der Waals surface area contributed by atoms with Gasteiger partial charge in [0.15, 0.2) is 0 Å². The predicted molar refractivity (Wildman–Crippen MR) is 73.5 cm³/mol. The van der Waals surface area contributed by atoms with E-state index in [-0.39, 0.29) is 0 Å². The summed E-state index contributed by atoms with van der Waals surface area (Å²) in [4.78, 5) is 5.31. The zero-order valence-corrected chi connectivity index (χ0v) is 11.1. The molecule has 2 rings (SSSR count). The smallest absolute Gasteiger partial charge is 0.109 e. The lowest BCUT2D eigenvalue weighted by Crippen LogP contribution is -1.99. The number of hydrogen-bond donors (Lipinski definition) is 1. The van der Waals surface area contributed by atoms with Crippen LogP contribution in [0.5, 0.6) is 0 Å². The van der Waals surface area contributed by atoms with E-state index in [2.05, 4.69) is 4.98 Å². The molecule has 0 fully saturated rings. The maximum atomic E-state index is 5.94. The van der Waals surface area contributed by atoms with Gasteiger partial charge in [0, 0.05) is 47.2 Å². The molecule has 1 aromatic carbocycles. The molecule has 0 saturated carbocycles. The molecular formula is C12H14ClN3S. The van der Waals surface area contributed by atoms with E-state index in [1.54, 1.807) is 17.8 Å². The lowest BCUT2D eigenvalue weighted by atomic mass is 10.3. The summed E-state index contributed by atoms with van der Waals surface area (Å²) in [5.74, 6) is 2.02. The summed E-state index contributed by atoms with van der Waals surface area (Å²) in [6, 6.07) is 5.55. The molecule has 2 N–H and O–H groups in total. The van der Waals surface area contributed by atoms with Gasteiger partial charge in [-0.15, -0.1) is 11.8 Å². The zero-order chi connectivity index (χ0) is 12.3. The van der Waals surface area contributed by atoms with Crippen LogP contribution in [0.4, 0.5) is 5.69 Å². The Hall–Kier alpha value is -1.13. The third-order valence-electron chi connectivity index (χ3n) is 2.48. The summed E-state index contributed by atoms with van der Waals surface area (Å²) in [5, 5.41) is 0.721. The molecule has 17 heavy (non-hydrogen) atoms. The number of aromatic nitrogens is 2. The Morgan fingerprint density at radius 2 is 2.29 bits per heavy atom. The van der Waals surface area contributed by atoms with Crippen LogP contribution in [0.1, 0.15) is 5.82 Å². The van der Waals surface area contributed by atoms with Crippen LogP contribution in [0.2, 0.25) is 5.02 Å². The predicted octanol–water partition coefficient (Wildman–Crippen LogP) is 2.99. The average molecular weight is 268 g/mol. The summed E-state index contributed by atoms with van der Waals surface area (Å²) in [6.07, 6.45) is 4.68. The van der Waals surface area contributed by atoms with Crippen molar-refractivity contribution in [1.82, 2.24) is 9.55 Å². The minimum Gasteiger partial charge on any atom is -0.398 e. The summed E-state index contributed by atoms with van der Waals surface area (Å²) >= 11 is 7.64. The van der Waals surface area contributed by atoms with Crippen molar-refractivity contribution in [2.75, 3.05) is 11.5 Å². The monoisotopic (exact) mass is 267 g/mol. The lowest BCUT2D eigenvalue weighted by Gasteiger charge is -2.06. The van der Waals surface area contributed by atoms with E-state index in [0.29, 0.717) is 0 Å². The summed E-state index contributed by atoms with van der Waals surface area (Å²) < 4.78 is 2.03. The number of nitrogens with two attached hydrogens (primary N) is 1. The molecule has 0 bridgehead atoms. The molecule has 90 valence electrons. The number of aryl methyl sites for hydroxylation is 2. The normalized spacial score (nSPS) is 10.7. The van der Waals surface area contributed by atoms with E-state index >= 15 is 0 Å². The highest BCUT2D eigenvalue weighted by molar-refractivity contribution is 7.99. The van der Waals surface area contributed by atoms with Crippen LogP contribution in [0.15, 0.2) is 35.5 Å². The fraction of sp³-hybridized carbons (Fsp3) is 0.250. The molecule has 0 spiro atoms. The molecule has 0 aliphatic carbocycles. The SMILES string of the molecule is Cn1ccnc1CCSc1cc(Cl)ccc1N. The van der Waals surface area contributed by atoms with Gasteiger partial charge >= 0.3 is 0 Å². The van der Waals surface area contributed by atoms with Gasteiger partial charge in [0.1, 0.15) is 5.82 Å². The van der Waals surface area contributed by atoms with Crippen LogP contribution in [0, 0.1) is 0 Å². The van der Waals surface area contributed by atoms with Gasteiger partial charge in [-0.1, -0.05) is 11.6 Å². The molecule has 3 nitrogen and oxygen atoms in total. The number of imidazole rings is 1. The molecule has 5 heteroatoms. The Morgan fingerprint density at radius 3 is 3.00 bits per heavy atom. The molecule has 0 unspecified atom stereocenters. The second-order valence-electron chi connectivity index (χ2n) is 3.73. The Morgan fingerprint density at radius 1 is 1.47 bits per heavy atom. The quantitative estimate of drug-likeness (QED) is 0.684. The van der Waals surface area contributed by atoms with E-state index in [1.807, 2.05) is 36.1 Å². The molecule has 0 aliphatic rings. The standard InChI is InChI=1S/C12H14ClN3S/c1-16-6-5-15-12(16)4-7-17-11-8-9(13)2-3-10(11)14/h2-3,5-6,8H,4,7,14H2,1H3. The minimum atomic E-state index is 0.721. The molecule has 2 aromatic rings. The van der Waals surface area contributed by atoms with Gasteiger partial charge in [-0.2, -0.15) is 0 Å². The number of thioether (sulfide) groups is 1. The van der Waals surface area contributed by atoms with Gasteiger partial charge in [0.2, 0.25) is 0 Å². The van der Waals surface area contributed by atoms with Crippen LogP contribution >= 0.6 is 23.4 Å². The first kappa shape index (κ1) is 12.3. The molecule has 0 amide bonds. The van der Waals surface area contributed by atoms with Gasteiger partial charge in [-0.3, -0.25) is 0 Å². The molecule has 0 radical (unpaired) electrons.